The highest BCUT2D eigenvalue weighted by atomic mass is 14.4. The standard InChI is InChI=1S/C55H38/c1-55(2)53-16-10-9-15-49(53)52-34-51-43(33-54(52)55)24-26-47-48(51)25-23-37-17-18-42(32-50(37)47)40-20-19-39-28-41(22-21-38(39)27-40)46-30-44(35-11-5-3-6-12-35)29-45(31-46)36-13-7-4-8-14-36/h3-34H,1-2H3. The van der Waals surface area contributed by atoms with Crippen molar-refractivity contribution in [2.24, 2.45) is 0 Å². The highest BCUT2D eigenvalue weighted by Gasteiger charge is 2.35. The average Bonchev–Trinajstić information content (AvgIpc) is 3.47. The second kappa shape index (κ2) is 12.1. The fourth-order valence-corrected chi connectivity index (χ4v) is 9.24. The average molecular weight is 699 g/mol. The van der Waals surface area contributed by atoms with E-state index in [9.17, 15) is 0 Å². The third-order valence-corrected chi connectivity index (χ3v) is 12.2. The van der Waals surface area contributed by atoms with E-state index in [1.54, 1.807) is 0 Å². The Balaban J connectivity index is 0.991. The van der Waals surface area contributed by atoms with Gasteiger partial charge in [0.2, 0.25) is 0 Å². The summed E-state index contributed by atoms with van der Waals surface area (Å²) in [4.78, 5) is 0. The van der Waals surface area contributed by atoms with Crippen molar-refractivity contribution < 1.29 is 0 Å². The minimum Gasteiger partial charge on any atom is -0.0622 e. The molecule has 0 unspecified atom stereocenters. The smallest absolute Gasteiger partial charge is 0.0159 e. The van der Waals surface area contributed by atoms with Gasteiger partial charge in [-0.15, -0.1) is 0 Å². The van der Waals surface area contributed by atoms with Crippen molar-refractivity contribution in [1.82, 2.24) is 0 Å². The molecule has 10 aromatic rings. The maximum atomic E-state index is 2.45. The molecule has 0 spiro atoms. The van der Waals surface area contributed by atoms with Crippen LogP contribution in [-0.2, 0) is 5.41 Å². The molecular formula is C55H38. The van der Waals surface area contributed by atoms with Crippen molar-refractivity contribution in [3.8, 4) is 55.6 Å². The van der Waals surface area contributed by atoms with Gasteiger partial charge in [0.15, 0.2) is 0 Å². The molecule has 0 heterocycles. The lowest BCUT2D eigenvalue weighted by Gasteiger charge is -2.21. The molecule has 10 aromatic carbocycles. The highest BCUT2D eigenvalue weighted by molar-refractivity contribution is 6.19. The monoisotopic (exact) mass is 698 g/mol. The number of benzene rings is 10. The summed E-state index contributed by atoms with van der Waals surface area (Å²) in [6, 6.07) is 72.2. The van der Waals surface area contributed by atoms with Gasteiger partial charge in [-0.3, -0.25) is 0 Å². The van der Waals surface area contributed by atoms with Gasteiger partial charge >= 0.3 is 0 Å². The first-order chi connectivity index (χ1) is 27.0. The van der Waals surface area contributed by atoms with E-state index in [0.717, 1.165) is 0 Å². The van der Waals surface area contributed by atoms with Crippen molar-refractivity contribution in [2.75, 3.05) is 0 Å². The van der Waals surface area contributed by atoms with Gasteiger partial charge in [-0.05, 0) is 158 Å². The molecule has 1 aliphatic rings. The lowest BCUT2D eigenvalue weighted by molar-refractivity contribution is 0.661. The van der Waals surface area contributed by atoms with Crippen LogP contribution in [0, 0.1) is 0 Å². The van der Waals surface area contributed by atoms with E-state index in [4.69, 9.17) is 0 Å². The number of hydrogen-bond acceptors (Lipinski definition) is 0. The normalized spacial score (nSPS) is 13.1. The predicted octanol–water partition coefficient (Wildman–Crippen LogP) is 15.3. The Morgan fingerprint density at radius 1 is 0.255 bits per heavy atom. The molecule has 1 aliphatic carbocycles. The van der Waals surface area contributed by atoms with Crippen LogP contribution in [0.1, 0.15) is 25.0 Å². The zero-order valence-corrected chi connectivity index (χ0v) is 31.0. The molecule has 0 saturated carbocycles. The lowest BCUT2D eigenvalue weighted by atomic mass is 9.81. The van der Waals surface area contributed by atoms with Crippen LogP contribution in [0.25, 0.3) is 98.7 Å². The van der Waals surface area contributed by atoms with Crippen molar-refractivity contribution in [1.29, 1.82) is 0 Å². The molecule has 0 atom stereocenters. The van der Waals surface area contributed by atoms with Crippen molar-refractivity contribution >= 4 is 43.1 Å². The van der Waals surface area contributed by atoms with Gasteiger partial charge in [0.05, 0.1) is 0 Å². The first-order valence-corrected chi connectivity index (χ1v) is 19.3. The van der Waals surface area contributed by atoms with Crippen LogP contribution in [-0.4, -0.2) is 0 Å². The molecule has 0 amide bonds. The summed E-state index contributed by atoms with van der Waals surface area (Å²) in [7, 11) is 0. The van der Waals surface area contributed by atoms with Crippen LogP contribution < -0.4 is 0 Å². The maximum absolute atomic E-state index is 2.45. The van der Waals surface area contributed by atoms with Crippen molar-refractivity contribution in [3.05, 3.63) is 205 Å². The Morgan fingerprint density at radius 3 is 1.36 bits per heavy atom. The summed E-state index contributed by atoms with van der Waals surface area (Å²) in [6.45, 7) is 4.72. The summed E-state index contributed by atoms with van der Waals surface area (Å²) in [5.74, 6) is 0. The topological polar surface area (TPSA) is 0 Å². The van der Waals surface area contributed by atoms with Gasteiger partial charge in [0.25, 0.3) is 0 Å². The lowest BCUT2D eigenvalue weighted by Crippen LogP contribution is -2.14. The molecule has 11 rings (SSSR count). The Kier molecular flexibility index (Phi) is 7.00. The summed E-state index contributed by atoms with van der Waals surface area (Å²) in [6.07, 6.45) is 0. The molecule has 0 aromatic heterocycles. The summed E-state index contributed by atoms with van der Waals surface area (Å²) >= 11 is 0. The molecular weight excluding hydrogens is 661 g/mol. The van der Waals surface area contributed by atoms with Crippen molar-refractivity contribution in [2.45, 2.75) is 19.3 Å². The summed E-state index contributed by atoms with van der Waals surface area (Å²) in [5, 5.41) is 10.3. The molecule has 0 bridgehead atoms. The molecule has 0 aliphatic heterocycles. The molecule has 0 nitrogen and oxygen atoms in total. The van der Waals surface area contributed by atoms with Crippen LogP contribution >= 0.6 is 0 Å². The molecule has 0 fully saturated rings. The molecule has 258 valence electrons. The van der Waals surface area contributed by atoms with Gasteiger partial charge in [0, 0.05) is 5.41 Å². The maximum Gasteiger partial charge on any atom is 0.0159 e. The van der Waals surface area contributed by atoms with E-state index < -0.39 is 0 Å². The fraction of sp³-hybridized carbons (Fsp3) is 0.0545. The first kappa shape index (κ1) is 31.7. The quantitative estimate of drug-likeness (QED) is 0.161. The predicted molar refractivity (Wildman–Crippen MR) is 236 cm³/mol. The second-order valence-corrected chi connectivity index (χ2v) is 15.8. The van der Waals surface area contributed by atoms with E-state index in [1.807, 2.05) is 0 Å². The summed E-state index contributed by atoms with van der Waals surface area (Å²) < 4.78 is 0. The van der Waals surface area contributed by atoms with Crippen LogP contribution in [0.3, 0.4) is 0 Å². The van der Waals surface area contributed by atoms with E-state index >= 15 is 0 Å². The molecule has 0 radical (unpaired) electrons. The number of hydrogen-bond donors (Lipinski definition) is 0. The van der Waals surface area contributed by atoms with Crippen LogP contribution in [0.15, 0.2) is 194 Å². The van der Waals surface area contributed by atoms with Gasteiger partial charge in [-0.2, -0.15) is 0 Å². The third-order valence-electron chi connectivity index (χ3n) is 12.2. The van der Waals surface area contributed by atoms with E-state index in [1.165, 1.54) is 110 Å². The number of rotatable bonds is 4. The largest absolute Gasteiger partial charge is 0.0622 e. The van der Waals surface area contributed by atoms with E-state index in [-0.39, 0.29) is 5.41 Å². The number of fused-ring (bicyclic) bond motifs is 9. The van der Waals surface area contributed by atoms with Gasteiger partial charge < -0.3 is 0 Å². The second-order valence-electron chi connectivity index (χ2n) is 15.8. The first-order valence-electron chi connectivity index (χ1n) is 19.3. The van der Waals surface area contributed by atoms with Gasteiger partial charge in [0.1, 0.15) is 0 Å². The van der Waals surface area contributed by atoms with Crippen LogP contribution in [0.4, 0.5) is 0 Å². The Labute approximate surface area is 322 Å². The Hall–Kier alpha value is -6.76. The highest BCUT2D eigenvalue weighted by Crippen LogP contribution is 2.50. The SMILES string of the molecule is CC1(C)c2ccccc2-c2cc3c(ccc4c5cc(-c6ccc7cc(-c8cc(-c9ccccc9)cc(-c9ccccc9)c8)ccc7c6)ccc5ccc34)cc21. The van der Waals surface area contributed by atoms with Crippen molar-refractivity contribution in [3.63, 3.8) is 0 Å². The van der Waals surface area contributed by atoms with Crippen LogP contribution in [0.5, 0.6) is 0 Å². The Bertz CT molecular complexity index is 3090. The third kappa shape index (κ3) is 5.13. The zero-order valence-electron chi connectivity index (χ0n) is 31.0. The zero-order chi connectivity index (χ0) is 36.7. The summed E-state index contributed by atoms with van der Waals surface area (Å²) in [5.41, 5.74) is 15.4. The fourth-order valence-electron chi connectivity index (χ4n) is 9.24. The Morgan fingerprint density at radius 2 is 0.727 bits per heavy atom. The van der Waals surface area contributed by atoms with Gasteiger partial charge in [-0.25, -0.2) is 0 Å². The van der Waals surface area contributed by atoms with E-state index in [0.29, 0.717) is 0 Å². The minimum atomic E-state index is -0.00583. The van der Waals surface area contributed by atoms with Crippen LogP contribution in [0.2, 0.25) is 0 Å². The molecule has 0 N–H and O–H groups in total. The molecule has 55 heavy (non-hydrogen) atoms. The molecule has 0 heteroatoms. The minimum absolute atomic E-state index is 0.00583. The molecule has 0 saturated heterocycles. The van der Waals surface area contributed by atoms with E-state index in [2.05, 4.69) is 208 Å². The van der Waals surface area contributed by atoms with Gasteiger partial charge in [-0.1, -0.05) is 159 Å².